The Morgan fingerprint density at radius 3 is 2.95 bits per heavy atom. The van der Waals surface area contributed by atoms with E-state index in [0.717, 1.165) is 41.4 Å². The van der Waals surface area contributed by atoms with Crippen molar-refractivity contribution in [3.63, 3.8) is 0 Å². The van der Waals surface area contributed by atoms with Gasteiger partial charge in [-0.3, -0.25) is 0 Å². The van der Waals surface area contributed by atoms with Crippen LogP contribution in [0.1, 0.15) is 24.0 Å². The molecule has 0 spiro atoms. The topological polar surface area (TPSA) is 50.7 Å². The van der Waals surface area contributed by atoms with Crippen molar-refractivity contribution in [2.45, 2.75) is 19.8 Å². The van der Waals surface area contributed by atoms with Gasteiger partial charge in [0.05, 0.1) is 27.0 Å². The Morgan fingerprint density at radius 2 is 2.11 bits per heavy atom. The molecule has 0 fully saturated rings. The molecule has 0 unspecified atom stereocenters. The molecule has 19 heavy (non-hydrogen) atoms. The minimum atomic E-state index is 0.752. The van der Waals surface area contributed by atoms with Crippen molar-refractivity contribution >= 4 is 39.1 Å². The van der Waals surface area contributed by atoms with E-state index in [2.05, 4.69) is 32.0 Å². The number of hydrogen-bond donors (Lipinski definition) is 1. The first kappa shape index (κ1) is 12.5. The lowest BCUT2D eigenvalue weighted by Crippen LogP contribution is -2.03. The van der Waals surface area contributed by atoms with Crippen molar-refractivity contribution < 1.29 is 0 Å². The van der Waals surface area contributed by atoms with Crippen LogP contribution in [0.3, 0.4) is 0 Å². The molecule has 2 heterocycles. The van der Waals surface area contributed by atoms with Crippen molar-refractivity contribution in [3.05, 3.63) is 35.0 Å². The number of para-hydroxylation sites is 1. The van der Waals surface area contributed by atoms with Crippen molar-refractivity contribution in [2.75, 3.05) is 11.9 Å². The van der Waals surface area contributed by atoms with Gasteiger partial charge in [-0.25, -0.2) is 4.98 Å². The molecule has 4 nitrogen and oxygen atoms in total. The second kappa shape index (κ2) is 5.63. The van der Waals surface area contributed by atoms with Gasteiger partial charge in [-0.1, -0.05) is 19.1 Å². The van der Waals surface area contributed by atoms with Gasteiger partial charge in [0, 0.05) is 13.0 Å². The highest BCUT2D eigenvalue weighted by Gasteiger charge is 2.11. The maximum Gasteiger partial charge on any atom is 0.163 e. The first-order valence-electron chi connectivity index (χ1n) is 6.26. The number of rotatable bonds is 5. The van der Waals surface area contributed by atoms with Crippen molar-refractivity contribution in [1.82, 2.24) is 13.7 Å². The average molecular weight is 290 g/mol. The number of aromatic nitrogens is 3. The van der Waals surface area contributed by atoms with Gasteiger partial charge in [0.1, 0.15) is 5.69 Å². The van der Waals surface area contributed by atoms with E-state index in [4.69, 9.17) is 0 Å². The zero-order valence-electron chi connectivity index (χ0n) is 10.6. The quantitative estimate of drug-likeness (QED) is 0.780. The van der Waals surface area contributed by atoms with E-state index in [9.17, 15) is 0 Å². The molecule has 0 saturated carbocycles. The molecular formula is C13H14N4S2. The van der Waals surface area contributed by atoms with E-state index in [-0.39, 0.29) is 0 Å². The fraction of sp³-hybridized carbons (Fsp3) is 0.308. The highest BCUT2D eigenvalue weighted by molar-refractivity contribution is 7.18. The number of nitrogens with one attached hydrogen (secondary N) is 1. The van der Waals surface area contributed by atoms with Gasteiger partial charge in [0.15, 0.2) is 5.82 Å². The van der Waals surface area contributed by atoms with Gasteiger partial charge in [-0.05, 0) is 18.6 Å². The van der Waals surface area contributed by atoms with E-state index in [1.165, 1.54) is 16.4 Å². The second-order valence-corrected chi connectivity index (χ2v) is 5.88. The zero-order valence-corrected chi connectivity index (χ0v) is 12.2. The van der Waals surface area contributed by atoms with E-state index in [1.54, 1.807) is 11.3 Å². The number of benzene rings is 1. The summed E-state index contributed by atoms with van der Waals surface area (Å²) >= 11 is 2.98. The Balaban J connectivity index is 1.82. The van der Waals surface area contributed by atoms with Crippen LogP contribution in [0.15, 0.2) is 24.3 Å². The van der Waals surface area contributed by atoms with Crippen LogP contribution in [0, 0.1) is 0 Å². The molecule has 1 aromatic carbocycles. The van der Waals surface area contributed by atoms with Gasteiger partial charge in [0.2, 0.25) is 0 Å². The minimum Gasteiger partial charge on any atom is -0.368 e. The molecule has 6 heteroatoms. The third kappa shape index (κ3) is 2.74. The molecule has 0 aliphatic heterocycles. The normalized spacial score (nSPS) is 11.0. The molecule has 98 valence electrons. The first-order chi connectivity index (χ1) is 9.36. The lowest BCUT2D eigenvalue weighted by Gasteiger charge is -2.01. The van der Waals surface area contributed by atoms with Crippen LogP contribution in [-0.4, -0.2) is 20.3 Å². The molecule has 2 aromatic heterocycles. The smallest absolute Gasteiger partial charge is 0.163 e. The van der Waals surface area contributed by atoms with Gasteiger partial charge in [0.25, 0.3) is 0 Å². The lowest BCUT2D eigenvalue weighted by atomic mass is 10.3. The number of thiazole rings is 1. The summed E-state index contributed by atoms with van der Waals surface area (Å²) in [6.07, 6.45) is 1.83. The summed E-state index contributed by atoms with van der Waals surface area (Å²) in [6.45, 7) is 3.07. The van der Waals surface area contributed by atoms with E-state index < -0.39 is 0 Å². The molecule has 3 aromatic rings. The van der Waals surface area contributed by atoms with Crippen LogP contribution in [0.25, 0.3) is 10.2 Å². The highest BCUT2D eigenvalue weighted by Crippen LogP contribution is 2.25. The van der Waals surface area contributed by atoms with Crippen molar-refractivity contribution in [3.8, 4) is 0 Å². The summed E-state index contributed by atoms with van der Waals surface area (Å²) in [5.41, 5.74) is 2.06. The van der Waals surface area contributed by atoms with Gasteiger partial charge < -0.3 is 5.32 Å². The summed E-state index contributed by atoms with van der Waals surface area (Å²) in [6, 6.07) is 8.21. The molecule has 0 aliphatic rings. The summed E-state index contributed by atoms with van der Waals surface area (Å²) in [5, 5.41) is 4.40. The maximum absolute atomic E-state index is 4.64. The van der Waals surface area contributed by atoms with Gasteiger partial charge >= 0.3 is 0 Å². The van der Waals surface area contributed by atoms with Crippen LogP contribution < -0.4 is 5.32 Å². The SMILES string of the molecule is CCCNc1nsnc1Cc1nc2ccccc2s1. The molecular weight excluding hydrogens is 276 g/mol. The monoisotopic (exact) mass is 290 g/mol. The molecule has 1 N–H and O–H groups in total. The summed E-state index contributed by atoms with van der Waals surface area (Å²) in [5.74, 6) is 0.908. The number of nitrogens with zero attached hydrogens (tertiary/aromatic N) is 3. The Kier molecular flexibility index (Phi) is 3.70. The summed E-state index contributed by atoms with van der Waals surface area (Å²) in [4.78, 5) is 4.64. The lowest BCUT2D eigenvalue weighted by molar-refractivity contribution is 0.964. The van der Waals surface area contributed by atoms with E-state index in [0.29, 0.717) is 0 Å². The molecule has 0 radical (unpaired) electrons. The summed E-state index contributed by atoms with van der Waals surface area (Å²) < 4.78 is 9.90. The third-order valence-electron chi connectivity index (χ3n) is 2.76. The van der Waals surface area contributed by atoms with E-state index >= 15 is 0 Å². The predicted molar refractivity (Wildman–Crippen MR) is 81.1 cm³/mol. The van der Waals surface area contributed by atoms with Crippen LogP contribution in [0.2, 0.25) is 0 Å². The average Bonchev–Trinajstić information content (AvgIpc) is 3.02. The van der Waals surface area contributed by atoms with Gasteiger partial charge in [-0.2, -0.15) is 8.75 Å². The predicted octanol–water partition coefficient (Wildman–Crippen LogP) is 3.56. The maximum atomic E-state index is 4.64. The standard InChI is InChI=1S/C13H14N4S2/c1-2-7-14-13-10(16-19-17-13)8-12-15-9-5-3-4-6-11(9)18-12/h3-6H,2,7-8H2,1H3,(H,14,17). The minimum absolute atomic E-state index is 0.752. The van der Waals surface area contributed by atoms with Crippen LogP contribution in [0.5, 0.6) is 0 Å². The van der Waals surface area contributed by atoms with Crippen molar-refractivity contribution in [2.24, 2.45) is 0 Å². The molecule has 0 amide bonds. The van der Waals surface area contributed by atoms with Crippen LogP contribution >= 0.6 is 23.1 Å². The largest absolute Gasteiger partial charge is 0.368 e. The Bertz CT molecular complexity index is 641. The fourth-order valence-electron chi connectivity index (χ4n) is 1.84. The molecule has 0 saturated heterocycles. The molecule has 0 atom stereocenters. The fourth-order valence-corrected chi connectivity index (χ4v) is 3.35. The van der Waals surface area contributed by atoms with Crippen molar-refractivity contribution in [1.29, 1.82) is 0 Å². The van der Waals surface area contributed by atoms with Crippen LogP contribution in [0.4, 0.5) is 5.82 Å². The van der Waals surface area contributed by atoms with E-state index in [1.807, 2.05) is 18.2 Å². The zero-order chi connectivity index (χ0) is 13.1. The third-order valence-corrected chi connectivity index (χ3v) is 4.36. The Morgan fingerprint density at radius 1 is 1.21 bits per heavy atom. The molecule has 0 aliphatic carbocycles. The number of anilines is 1. The van der Waals surface area contributed by atoms with Gasteiger partial charge in [-0.15, -0.1) is 11.3 Å². The Labute approximate surface area is 119 Å². The Hall–Kier alpha value is -1.53. The second-order valence-electron chi connectivity index (χ2n) is 4.24. The molecule has 0 bridgehead atoms. The molecule has 3 rings (SSSR count). The highest BCUT2D eigenvalue weighted by atomic mass is 32.1. The number of fused-ring (bicyclic) bond motifs is 1. The van der Waals surface area contributed by atoms with Crippen LogP contribution in [-0.2, 0) is 6.42 Å². The number of hydrogen-bond acceptors (Lipinski definition) is 6. The first-order valence-corrected chi connectivity index (χ1v) is 7.81. The summed E-state index contributed by atoms with van der Waals surface area (Å²) in [7, 11) is 0.